The predicted molar refractivity (Wildman–Crippen MR) is 131 cm³/mol. The highest BCUT2D eigenvalue weighted by molar-refractivity contribution is 7.22. The van der Waals surface area contributed by atoms with Crippen molar-refractivity contribution in [1.29, 1.82) is 0 Å². The van der Waals surface area contributed by atoms with Crippen LogP contribution in [0.4, 0.5) is 5.13 Å². The van der Waals surface area contributed by atoms with E-state index in [1.54, 1.807) is 36.1 Å². The molecule has 0 bridgehead atoms. The van der Waals surface area contributed by atoms with Crippen molar-refractivity contribution in [2.24, 2.45) is 0 Å². The predicted octanol–water partition coefficient (Wildman–Crippen LogP) is 3.32. The number of methoxy groups -OCH3 is 2. The lowest BCUT2D eigenvalue weighted by Gasteiger charge is -2.27. The number of fused-ring (bicyclic) bond motifs is 1. The molecule has 3 aromatic rings. The van der Waals surface area contributed by atoms with Gasteiger partial charge in [-0.1, -0.05) is 11.3 Å². The Morgan fingerprint density at radius 3 is 2.61 bits per heavy atom. The number of hydrogen-bond acceptors (Lipinski definition) is 8. The average molecular weight is 496 g/mol. The number of amides is 1. The summed E-state index contributed by atoms with van der Waals surface area (Å²) < 4.78 is 19.0. The van der Waals surface area contributed by atoms with Crippen LogP contribution in [-0.2, 0) is 11.3 Å². The van der Waals surface area contributed by atoms with Gasteiger partial charge in [-0.3, -0.25) is 19.3 Å². The fraction of sp³-hybridized carbons (Fsp3) is 0.500. The third kappa shape index (κ3) is 5.40. The van der Waals surface area contributed by atoms with Crippen LogP contribution in [0.1, 0.15) is 23.8 Å². The number of hydrogen-bond donors (Lipinski definition) is 0. The summed E-state index contributed by atoms with van der Waals surface area (Å²) in [6.07, 6.45) is 2.49. The Morgan fingerprint density at radius 1 is 1.18 bits per heavy atom. The molecule has 1 fully saturated rings. The fourth-order valence-corrected chi connectivity index (χ4v) is 4.95. The van der Waals surface area contributed by atoms with E-state index >= 15 is 0 Å². The minimum Gasteiger partial charge on any atom is -0.495 e. The first kappa shape index (κ1) is 25.2. The van der Waals surface area contributed by atoms with Crippen molar-refractivity contribution in [2.75, 3.05) is 58.5 Å². The Labute approximate surface area is 203 Å². The van der Waals surface area contributed by atoms with Gasteiger partial charge >= 0.3 is 0 Å². The summed E-state index contributed by atoms with van der Waals surface area (Å²) in [4.78, 5) is 22.5. The second-order valence-corrected chi connectivity index (χ2v) is 8.42. The molecule has 0 N–H and O–H groups in total. The Balaban J connectivity index is 0.00000306. The number of morpholine rings is 1. The van der Waals surface area contributed by atoms with Crippen LogP contribution >= 0.6 is 23.7 Å². The van der Waals surface area contributed by atoms with Gasteiger partial charge in [0.15, 0.2) is 5.13 Å². The third-order valence-corrected chi connectivity index (χ3v) is 6.66. The van der Waals surface area contributed by atoms with Crippen molar-refractivity contribution in [2.45, 2.75) is 19.9 Å². The van der Waals surface area contributed by atoms with Crippen LogP contribution in [0.25, 0.3) is 10.2 Å². The zero-order chi connectivity index (χ0) is 22.5. The molecule has 0 atom stereocenters. The Kier molecular flexibility index (Phi) is 8.90. The number of carbonyl (C=O) groups is 1. The Hall–Kier alpha value is -2.40. The number of thiazole rings is 1. The van der Waals surface area contributed by atoms with Gasteiger partial charge in [-0.15, -0.1) is 12.4 Å². The number of benzene rings is 1. The van der Waals surface area contributed by atoms with Crippen LogP contribution in [0.5, 0.6) is 11.5 Å². The molecule has 0 aliphatic carbocycles. The molecule has 1 saturated heterocycles. The van der Waals surface area contributed by atoms with E-state index < -0.39 is 0 Å². The van der Waals surface area contributed by atoms with E-state index in [-0.39, 0.29) is 18.3 Å². The number of nitrogens with zero attached hydrogens (tertiary/aromatic N) is 5. The van der Waals surface area contributed by atoms with Crippen molar-refractivity contribution in [3.05, 3.63) is 30.1 Å². The highest BCUT2D eigenvalue weighted by Crippen LogP contribution is 2.40. The highest BCUT2D eigenvalue weighted by Gasteiger charge is 2.26. The first-order valence-electron chi connectivity index (χ1n) is 10.8. The molecule has 0 spiro atoms. The second-order valence-electron chi connectivity index (χ2n) is 7.44. The van der Waals surface area contributed by atoms with E-state index in [9.17, 15) is 4.79 Å². The van der Waals surface area contributed by atoms with E-state index in [4.69, 9.17) is 19.2 Å². The molecule has 0 radical (unpaired) electrons. The molecule has 1 amide bonds. The molecule has 3 heterocycles. The number of aryl methyl sites for hydroxylation is 1. The van der Waals surface area contributed by atoms with Gasteiger partial charge in [-0.2, -0.15) is 5.10 Å². The van der Waals surface area contributed by atoms with Crippen LogP contribution in [0.15, 0.2) is 24.4 Å². The standard InChI is InChI=1S/C22H29N5O4S.ClH/c1-4-27-16(8-9-23-27)21(28)26(11-5-10-25-12-14-31-15-13-25)22-24-19-17(29-2)6-7-18(30-3)20(19)32-22;/h6-9H,4-5,10-15H2,1-3H3;1H. The maximum Gasteiger partial charge on any atom is 0.278 e. The molecule has 4 rings (SSSR count). The number of rotatable bonds is 9. The number of anilines is 1. The minimum atomic E-state index is -0.108. The number of ether oxygens (including phenoxy) is 3. The van der Waals surface area contributed by atoms with Gasteiger partial charge in [-0.05, 0) is 31.5 Å². The third-order valence-electron chi connectivity index (χ3n) is 5.57. The highest BCUT2D eigenvalue weighted by atomic mass is 35.5. The minimum absolute atomic E-state index is 0. The van der Waals surface area contributed by atoms with E-state index in [1.807, 2.05) is 19.1 Å². The summed E-state index contributed by atoms with van der Waals surface area (Å²) in [6.45, 7) is 7.41. The van der Waals surface area contributed by atoms with Crippen molar-refractivity contribution in [1.82, 2.24) is 19.7 Å². The molecule has 180 valence electrons. The number of halogens is 1. The fourth-order valence-electron chi connectivity index (χ4n) is 3.86. The zero-order valence-corrected chi connectivity index (χ0v) is 20.8. The molecule has 1 aliphatic heterocycles. The molecule has 1 aromatic carbocycles. The van der Waals surface area contributed by atoms with Gasteiger partial charge in [0.05, 0.1) is 27.4 Å². The first-order chi connectivity index (χ1) is 15.7. The summed E-state index contributed by atoms with van der Waals surface area (Å²) in [7, 11) is 3.25. The zero-order valence-electron chi connectivity index (χ0n) is 19.2. The molecule has 0 saturated carbocycles. The second kappa shape index (κ2) is 11.6. The van der Waals surface area contributed by atoms with E-state index in [1.165, 1.54) is 11.3 Å². The van der Waals surface area contributed by atoms with Crippen LogP contribution in [0.3, 0.4) is 0 Å². The van der Waals surface area contributed by atoms with Crippen LogP contribution in [0.2, 0.25) is 0 Å². The molecule has 9 nitrogen and oxygen atoms in total. The van der Waals surface area contributed by atoms with Crippen molar-refractivity contribution < 1.29 is 19.0 Å². The molecular formula is C22H30ClN5O4S. The van der Waals surface area contributed by atoms with E-state index in [0.29, 0.717) is 40.9 Å². The van der Waals surface area contributed by atoms with Crippen molar-refractivity contribution in [3.63, 3.8) is 0 Å². The van der Waals surface area contributed by atoms with Gasteiger partial charge in [0.2, 0.25) is 0 Å². The number of aromatic nitrogens is 3. The molecule has 0 unspecified atom stereocenters. The molecular weight excluding hydrogens is 466 g/mol. The van der Waals surface area contributed by atoms with Gasteiger partial charge in [0.25, 0.3) is 5.91 Å². The van der Waals surface area contributed by atoms with Gasteiger partial charge < -0.3 is 14.2 Å². The summed E-state index contributed by atoms with van der Waals surface area (Å²) in [5.74, 6) is 1.26. The van der Waals surface area contributed by atoms with E-state index in [2.05, 4.69) is 10.00 Å². The quantitative estimate of drug-likeness (QED) is 0.450. The Bertz CT molecular complexity index is 1030. The average Bonchev–Trinajstić information content (AvgIpc) is 3.49. The van der Waals surface area contributed by atoms with Gasteiger partial charge in [-0.25, -0.2) is 4.98 Å². The maximum atomic E-state index is 13.6. The van der Waals surface area contributed by atoms with Crippen LogP contribution in [0, 0.1) is 0 Å². The van der Waals surface area contributed by atoms with Gasteiger partial charge in [0, 0.05) is 38.9 Å². The summed E-state index contributed by atoms with van der Waals surface area (Å²) in [6, 6.07) is 5.45. The largest absolute Gasteiger partial charge is 0.495 e. The topological polar surface area (TPSA) is 82.0 Å². The lowest BCUT2D eigenvalue weighted by molar-refractivity contribution is 0.0376. The van der Waals surface area contributed by atoms with Crippen molar-refractivity contribution in [3.8, 4) is 11.5 Å². The summed E-state index contributed by atoms with van der Waals surface area (Å²) in [5.41, 5.74) is 1.25. The van der Waals surface area contributed by atoms with E-state index in [0.717, 1.165) is 44.0 Å². The number of carbonyl (C=O) groups excluding carboxylic acids is 1. The monoisotopic (exact) mass is 495 g/mol. The van der Waals surface area contributed by atoms with Crippen LogP contribution < -0.4 is 14.4 Å². The summed E-state index contributed by atoms with van der Waals surface area (Å²) >= 11 is 1.44. The lowest BCUT2D eigenvalue weighted by Crippen LogP contribution is -2.39. The SMILES string of the molecule is CCn1nccc1C(=O)N(CCCN1CCOCC1)c1nc2c(OC)ccc(OC)c2s1.Cl. The smallest absolute Gasteiger partial charge is 0.278 e. The Morgan fingerprint density at radius 2 is 1.91 bits per heavy atom. The molecule has 11 heteroatoms. The van der Waals surface area contributed by atoms with Crippen LogP contribution in [-0.4, -0.2) is 79.2 Å². The molecule has 33 heavy (non-hydrogen) atoms. The maximum absolute atomic E-state index is 13.6. The molecule has 1 aliphatic rings. The molecule has 2 aromatic heterocycles. The van der Waals surface area contributed by atoms with Crippen molar-refractivity contribution >= 4 is 45.0 Å². The lowest BCUT2D eigenvalue weighted by atomic mass is 10.3. The van der Waals surface area contributed by atoms with Gasteiger partial charge in [0.1, 0.15) is 27.4 Å². The normalized spacial score (nSPS) is 14.2. The first-order valence-corrected chi connectivity index (χ1v) is 11.6. The summed E-state index contributed by atoms with van der Waals surface area (Å²) in [5, 5.41) is 4.90.